The molecule has 0 bridgehead atoms. The number of likely N-dealkylation sites (tertiary alicyclic amines) is 1. The molecule has 0 aromatic heterocycles. The van der Waals surface area contributed by atoms with Crippen LogP contribution in [-0.4, -0.2) is 99.8 Å². The number of carbonyl (C=O) groups is 6. The summed E-state index contributed by atoms with van der Waals surface area (Å²) in [7, 11) is -4.04. The van der Waals surface area contributed by atoms with Crippen LogP contribution in [0.3, 0.4) is 0 Å². The zero-order chi connectivity index (χ0) is 39.3. The maximum absolute atomic E-state index is 14.4. The van der Waals surface area contributed by atoms with Crippen LogP contribution in [0.15, 0.2) is 18.2 Å². The van der Waals surface area contributed by atoms with Gasteiger partial charge in [-0.3, -0.25) is 29.3 Å². The topological polar surface area (TPSA) is 218 Å². The predicted molar refractivity (Wildman–Crippen MR) is 184 cm³/mol. The van der Waals surface area contributed by atoms with Crippen LogP contribution in [0.25, 0.3) is 0 Å². The molecule has 5 rings (SSSR count). The molecule has 5 atom stereocenters. The molecule has 1 aromatic rings. The smallest absolute Gasteiger partial charge is 0.410 e. The number of aliphatic hydroxyl groups is 1. The molecule has 2 aliphatic carbocycles. The molecule has 292 valence electrons. The van der Waals surface area contributed by atoms with Crippen molar-refractivity contribution in [3.63, 3.8) is 0 Å². The van der Waals surface area contributed by atoms with E-state index in [9.17, 15) is 46.7 Å². The van der Waals surface area contributed by atoms with Crippen molar-refractivity contribution in [2.75, 3.05) is 6.54 Å². The van der Waals surface area contributed by atoms with Crippen molar-refractivity contribution in [3.8, 4) is 0 Å². The van der Waals surface area contributed by atoms with Crippen molar-refractivity contribution >= 4 is 45.7 Å². The van der Waals surface area contributed by atoms with Gasteiger partial charge in [0.1, 0.15) is 34.9 Å². The fourth-order valence-electron chi connectivity index (χ4n) is 6.97. The van der Waals surface area contributed by atoms with E-state index in [0.717, 1.165) is 4.90 Å². The maximum atomic E-state index is 14.4. The van der Waals surface area contributed by atoms with E-state index in [1.807, 2.05) is 4.72 Å². The molecule has 2 heterocycles. The van der Waals surface area contributed by atoms with E-state index >= 15 is 0 Å². The van der Waals surface area contributed by atoms with E-state index in [2.05, 4.69) is 10.6 Å². The second kappa shape index (κ2) is 14.5. The summed E-state index contributed by atoms with van der Waals surface area (Å²) in [5, 5.41) is 15.8. The van der Waals surface area contributed by atoms with E-state index in [0.29, 0.717) is 24.0 Å². The molecule has 1 aromatic carbocycles. The minimum atomic E-state index is -4.04. The lowest BCUT2D eigenvalue weighted by atomic mass is 9.98. The van der Waals surface area contributed by atoms with Gasteiger partial charge in [-0.1, -0.05) is 26.0 Å². The van der Waals surface area contributed by atoms with Gasteiger partial charge < -0.3 is 29.6 Å². The zero-order valence-corrected chi connectivity index (χ0v) is 31.5. The van der Waals surface area contributed by atoms with Crippen LogP contribution in [-0.2, 0) is 51.8 Å². The molecule has 4 aliphatic rings. The Morgan fingerprint density at radius 1 is 1.09 bits per heavy atom. The molecule has 16 nitrogen and oxygen atoms in total. The average Bonchev–Trinajstić information content (AvgIpc) is 3.89. The zero-order valence-electron chi connectivity index (χ0n) is 30.7. The van der Waals surface area contributed by atoms with Gasteiger partial charge in [-0.2, -0.15) is 0 Å². The van der Waals surface area contributed by atoms with Crippen LogP contribution in [0.5, 0.6) is 0 Å². The molecule has 0 spiro atoms. The number of hydrogen-bond acceptors (Lipinski definition) is 11. The van der Waals surface area contributed by atoms with Crippen molar-refractivity contribution in [3.05, 3.63) is 35.1 Å². The minimum absolute atomic E-state index is 0.0537. The SMILES string of the molecule is CC(=O)CC1CC1(NC(=O)C1CC(OC(=O)N2Cc3cccc(F)c3C2)CN1C(=O)C(O)(CC(C)C)NC(=O)OC(C)(C)C)C(=O)NS(=O)(=O)C1CC1. The van der Waals surface area contributed by atoms with Crippen LogP contribution in [0.4, 0.5) is 14.0 Å². The molecular weight excluding hydrogens is 717 g/mol. The molecule has 3 fully saturated rings. The lowest BCUT2D eigenvalue weighted by Gasteiger charge is -2.36. The fourth-order valence-corrected chi connectivity index (χ4v) is 8.34. The highest BCUT2D eigenvalue weighted by Gasteiger charge is 2.63. The normalized spacial score (nSPS) is 24.9. The highest BCUT2D eigenvalue weighted by atomic mass is 32.2. The number of nitrogens with zero attached hydrogens (tertiary/aromatic N) is 2. The third kappa shape index (κ3) is 9.08. The minimum Gasteiger partial charge on any atom is -0.444 e. The fraction of sp³-hybridized carbons (Fsp3) is 0.657. The number of nitrogens with one attached hydrogen (secondary N) is 3. The average molecular weight is 766 g/mol. The summed E-state index contributed by atoms with van der Waals surface area (Å²) in [6.45, 7) is 8.97. The van der Waals surface area contributed by atoms with Gasteiger partial charge in [0.05, 0.1) is 18.3 Å². The Bertz CT molecular complexity index is 1800. The number of benzene rings is 1. The summed E-state index contributed by atoms with van der Waals surface area (Å²) in [5.41, 5.74) is -4.49. The van der Waals surface area contributed by atoms with Gasteiger partial charge in [0.2, 0.25) is 21.7 Å². The summed E-state index contributed by atoms with van der Waals surface area (Å²) in [5.74, 6) is -5.00. The summed E-state index contributed by atoms with van der Waals surface area (Å²) in [6.07, 6.45) is -3.22. The van der Waals surface area contributed by atoms with Gasteiger partial charge in [-0.25, -0.2) is 22.4 Å². The van der Waals surface area contributed by atoms with Crippen molar-refractivity contribution in [2.45, 2.75) is 127 Å². The summed E-state index contributed by atoms with van der Waals surface area (Å²) >= 11 is 0. The first-order chi connectivity index (χ1) is 24.5. The van der Waals surface area contributed by atoms with Crippen LogP contribution in [0, 0.1) is 17.7 Å². The number of halogens is 1. The Morgan fingerprint density at radius 3 is 2.36 bits per heavy atom. The molecule has 5 amide bonds. The molecule has 1 saturated heterocycles. The number of ketones is 1. The van der Waals surface area contributed by atoms with Crippen molar-refractivity contribution in [2.24, 2.45) is 11.8 Å². The van der Waals surface area contributed by atoms with E-state index in [1.165, 1.54) is 24.0 Å². The number of alkyl carbamates (subject to hydrolysis) is 1. The number of ether oxygens (including phenoxy) is 2. The molecule has 18 heteroatoms. The summed E-state index contributed by atoms with van der Waals surface area (Å²) in [6, 6.07) is 2.96. The number of sulfonamides is 1. The van der Waals surface area contributed by atoms with Gasteiger partial charge in [-0.15, -0.1) is 0 Å². The predicted octanol–water partition coefficient (Wildman–Crippen LogP) is 1.97. The molecule has 53 heavy (non-hydrogen) atoms. The standard InChI is InChI=1S/C35H48FN5O11S/c1-19(2)14-35(48,38-31(46)52-33(4,5)6)30(45)41-17-23(51-32(47)40-16-21-8-7-9-26(36)25(21)18-40)13-27(41)28(43)37-34(15-22(34)12-20(3)42)29(44)39-53(49,50)24-10-11-24/h7-9,19,22-24,27,48H,10-18H2,1-6H3,(H,37,43)(H,38,46)(H,39,44). The molecular formula is C35H48FN5O11S. The second-order valence-electron chi connectivity index (χ2n) is 16.0. The van der Waals surface area contributed by atoms with Crippen LogP contribution in [0.1, 0.15) is 91.2 Å². The highest BCUT2D eigenvalue weighted by Crippen LogP contribution is 2.47. The number of fused-ring (bicyclic) bond motifs is 1. The Labute approximate surface area is 307 Å². The second-order valence-corrected chi connectivity index (χ2v) is 17.9. The molecule has 4 N–H and O–H groups in total. The Kier molecular flexibility index (Phi) is 10.9. The van der Waals surface area contributed by atoms with Gasteiger partial charge in [0.15, 0.2) is 0 Å². The van der Waals surface area contributed by atoms with Gasteiger partial charge >= 0.3 is 12.2 Å². The number of carbonyl (C=O) groups excluding carboxylic acids is 6. The first kappa shape index (κ1) is 39.9. The molecule has 5 unspecified atom stereocenters. The highest BCUT2D eigenvalue weighted by molar-refractivity contribution is 7.91. The summed E-state index contributed by atoms with van der Waals surface area (Å²) < 4.78 is 52.9. The van der Waals surface area contributed by atoms with Crippen LogP contribution in [0.2, 0.25) is 0 Å². The number of Topliss-reactive ketones (excluding diaryl/α,β-unsaturated/α-hetero) is 1. The third-order valence-corrected chi connectivity index (χ3v) is 11.5. The van der Waals surface area contributed by atoms with Crippen molar-refractivity contribution < 1.29 is 56.2 Å². The van der Waals surface area contributed by atoms with E-state index < -0.39 is 92.5 Å². The quantitative estimate of drug-likeness (QED) is 0.226. The van der Waals surface area contributed by atoms with E-state index in [4.69, 9.17) is 9.47 Å². The Hall–Kier alpha value is -4.32. The number of hydrogen-bond donors (Lipinski definition) is 4. The van der Waals surface area contributed by atoms with E-state index in [-0.39, 0.29) is 50.5 Å². The van der Waals surface area contributed by atoms with Gasteiger partial charge in [0.25, 0.3) is 11.8 Å². The first-order valence-corrected chi connectivity index (χ1v) is 19.2. The lowest BCUT2D eigenvalue weighted by molar-refractivity contribution is -0.160. The van der Waals surface area contributed by atoms with Gasteiger partial charge in [0, 0.05) is 37.3 Å². The molecule has 2 saturated carbocycles. The number of rotatable bonds is 12. The first-order valence-electron chi connectivity index (χ1n) is 17.7. The molecule has 0 radical (unpaired) electrons. The largest absolute Gasteiger partial charge is 0.444 e. The van der Waals surface area contributed by atoms with Crippen molar-refractivity contribution in [1.82, 2.24) is 25.2 Å². The summed E-state index contributed by atoms with van der Waals surface area (Å²) in [4.78, 5) is 82.5. The third-order valence-electron chi connectivity index (χ3n) is 9.63. The number of amides is 5. The van der Waals surface area contributed by atoms with Crippen LogP contribution >= 0.6 is 0 Å². The molecule has 2 aliphatic heterocycles. The van der Waals surface area contributed by atoms with Gasteiger partial charge in [-0.05, 0) is 64.5 Å². The monoisotopic (exact) mass is 765 g/mol. The Balaban J connectivity index is 1.41. The lowest BCUT2D eigenvalue weighted by Crippen LogP contribution is -2.64. The van der Waals surface area contributed by atoms with Crippen molar-refractivity contribution in [1.29, 1.82) is 0 Å². The Morgan fingerprint density at radius 2 is 1.77 bits per heavy atom. The maximum Gasteiger partial charge on any atom is 0.410 e. The van der Waals surface area contributed by atoms with E-state index in [1.54, 1.807) is 40.7 Å². The van der Waals surface area contributed by atoms with Crippen LogP contribution < -0.4 is 15.4 Å².